The Balaban J connectivity index is 2.00. The summed E-state index contributed by atoms with van der Waals surface area (Å²) in [4.78, 5) is 35.3. The van der Waals surface area contributed by atoms with Crippen LogP contribution in [0.5, 0.6) is 5.75 Å². The van der Waals surface area contributed by atoms with Gasteiger partial charge in [0.05, 0.1) is 5.69 Å². The molecule has 0 bridgehead atoms. The molecular formula is C19H18N2O4. The molecule has 2 aromatic rings. The molecule has 0 atom stereocenters. The van der Waals surface area contributed by atoms with Crippen molar-refractivity contribution in [3.63, 3.8) is 0 Å². The smallest absolute Gasteiger partial charge is 0.251 e. The molecule has 3 N–H and O–H groups in total. The molecule has 0 saturated heterocycles. The monoisotopic (exact) mass is 338 g/mol. The van der Waals surface area contributed by atoms with Crippen molar-refractivity contribution in [3.8, 4) is 5.75 Å². The molecule has 6 nitrogen and oxygen atoms in total. The number of carbonyl (C=O) groups excluding carboxylic acids is 3. The van der Waals surface area contributed by atoms with Crippen LogP contribution in [0.4, 0.5) is 11.4 Å². The van der Waals surface area contributed by atoms with Crippen molar-refractivity contribution in [2.45, 2.75) is 13.8 Å². The van der Waals surface area contributed by atoms with Crippen molar-refractivity contribution in [1.29, 1.82) is 0 Å². The number of Topliss-reactive ketones (excluding diaryl/α,β-unsaturated/α-hetero) is 1. The van der Waals surface area contributed by atoms with Crippen LogP contribution in [-0.2, 0) is 9.59 Å². The van der Waals surface area contributed by atoms with Gasteiger partial charge in [-0.15, -0.1) is 0 Å². The van der Waals surface area contributed by atoms with Gasteiger partial charge >= 0.3 is 0 Å². The van der Waals surface area contributed by atoms with Crippen molar-refractivity contribution in [3.05, 3.63) is 65.7 Å². The lowest BCUT2D eigenvalue weighted by atomic mass is 10.1. The summed E-state index contributed by atoms with van der Waals surface area (Å²) in [5.74, 6) is -1.09. The number of phenols is 1. The fourth-order valence-corrected chi connectivity index (χ4v) is 2.03. The fraction of sp³-hybridized carbons (Fsp3) is 0.105. The Morgan fingerprint density at radius 3 is 2.16 bits per heavy atom. The van der Waals surface area contributed by atoms with E-state index in [1.807, 2.05) is 0 Å². The molecular weight excluding hydrogens is 320 g/mol. The van der Waals surface area contributed by atoms with Crippen LogP contribution in [0.1, 0.15) is 24.2 Å². The number of rotatable bonds is 5. The van der Waals surface area contributed by atoms with Gasteiger partial charge in [0.25, 0.3) is 5.91 Å². The molecule has 0 fully saturated rings. The lowest BCUT2D eigenvalue weighted by Crippen LogP contribution is -2.16. The Kier molecular flexibility index (Phi) is 5.68. The second-order valence-electron chi connectivity index (χ2n) is 5.42. The van der Waals surface area contributed by atoms with Crippen molar-refractivity contribution in [2.75, 3.05) is 10.6 Å². The molecule has 25 heavy (non-hydrogen) atoms. The first-order valence-corrected chi connectivity index (χ1v) is 7.56. The van der Waals surface area contributed by atoms with Crippen LogP contribution < -0.4 is 10.6 Å². The molecule has 2 aromatic carbocycles. The number of hydrogen-bond acceptors (Lipinski definition) is 4. The molecule has 0 heterocycles. The van der Waals surface area contributed by atoms with Crippen LogP contribution in [0.2, 0.25) is 0 Å². The number of amides is 2. The van der Waals surface area contributed by atoms with Gasteiger partial charge in [0.2, 0.25) is 5.91 Å². The van der Waals surface area contributed by atoms with Gasteiger partial charge in [-0.25, -0.2) is 0 Å². The second-order valence-corrected chi connectivity index (χ2v) is 5.42. The minimum Gasteiger partial charge on any atom is -0.506 e. The zero-order valence-electron chi connectivity index (χ0n) is 13.9. The summed E-state index contributed by atoms with van der Waals surface area (Å²) >= 11 is 0. The standard InChI is InChI=1S/C19H18N2O4/c1-12(19(25)21-16-5-3-4-6-17(16)23)11-18(24)20-15-9-7-14(8-10-15)13(2)22/h3-11,23H,1-2H3,(H,20,24)(H,21,25)/b12-11-. The van der Waals surface area contributed by atoms with Gasteiger partial charge in [-0.05, 0) is 50.2 Å². The largest absolute Gasteiger partial charge is 0.506 e. The first-order valence-electron chi connectivity index (χ1n) is 7.56. The Hall–Kier alpha value is -3.41. The molecule has 2 rings (SSSR count). The first kappa shape index (κ1) is 17.9. The highest BCUT2D eigenvalue weighted by molar-refractivity contribution is 6.10. The maximum atomic E-state index is 12.1. The van der Waals surface area contributed by atoms with E-state index in [9.17, 15) is 19.5 Å². The molecule has 0 unspecified atom stereocenters. The highest BCUT2D eigenvalue weighted by Gasteiger charge is 2.10. The highest BCUT2D eigenvalue weighted by atomic mass is 16.3. The Labute approximate surface area is 145 Å². The molecule has 0 aliphatic heterocycles. The number of aromatic hydroxyl groups is 1. The third-order valence-corrected chi connectivity index (χ3v) is 3.42. The third-order valence-electron chi connectivity index (χ3n) is 3.42. The molecule has 2 amide bonds. The molecule has 0 saturated carbocycles. The summed E-state index contributed by atoms with van der Waals surface area (Å²) in [6.45, 7) is 2.95. The number of ketones is 1. The topological polar surface area (TPSA) is 95.5 Å². The maximum absolute atomic E-state index is 12.1. The van der Waals surface area contributed by atoms with E-state index >= 15 is 0 Å². The minimum atomic E-state index is -0.497. The summed E-state index contributed by atoms with van der Waals surface area (Å²) in [5.41, 5.74) is 1.51. The van der Waals surface area contributed by atoms with Crippen LogP contribution in [0.15, 0.2) is 60.2 Å². The van der Waals surface area contributed by atoms with Crippen LogP contribution in [0, 0.1) is 0 Å². The van der Waals surface area contributed by atoms with Crippen LogP contribution in [0.3, 0.4) is 0 Å². The summed E-state index contributed by atoms with van der Waals surface area (Å²) in [5, 5.41) is 14.8. The average Bonchev–Trinajstić information content (AvgIpc) is 2.57. The zero-order valence-corrected chi connectivity index (χ0v) is 13.9. The third kappa shape index (κ3) is 5.04. The summed E-state index contributed by atoms with van der Waals surface area (Å²) in [6.07, 6.45) is 1.16. The normalized spacial score (nSPS) is 10.9. The van der Waals surface area contributed by atoms with Gasteiger partial charge in [-0.2, -0.15) is 0 Å². The number of phenolic OH excluding ortho intramolecular Hbond substituents is 1. The van der Waals surface area contributed by atoms with Gasteiger partial charge in [0.15, 0.2) is 5.78 Å². The van der Waals surface area contributed by atoms with Crippen LogP contribution in [-0.4, -0.2) is 22.7 Å². The highest BCUT2D eigenvalue weighted by Crippen LogP contribution is 2.22. The van der Waals surface area contributed by atoms with E-state index in [1.54, 1.807) is 42.5 Å². The predicted octanol–water partition coefficient (Wildman–Crippen LogP) is 3.12. The van der Waals surface area contributed by atoms with E-state index in [4.69, 9.17) is 0 Å². The minimum absolute atomic E-state index is 0.0568. The molecule has 0 radical (unpaired) electrons. The number of hydrogen-bond donors (Lipinski definition) is 3. The van der Waals surface area contributed by atoms with Gasteiger partial charge in [0, 0.05) is 22.9 Å². The summed E-state index contributed by atoms with van der Waals surface area (Å²) in [6, 6.07) is 12.8. The first-order chi connectivity index (χ1) is 11.9. The Morgan fingerprint density at radius 1 is 0.920 bits per heavy atom. The lowest BCUT2D eigenvalue weighted by molar-refractivity contribution is -0.114. The fourth-order valence-electron chi connectivity index (χ4n) is 2.03. The van der Waals surface area contributed by atoms with E-state index in [0.717, 1.165) is 6.08 Å². The molecule has 0 spiro atoms. The maximum Gasteiger partial charge on any atom is 0.251 e. The van der Waals surface area contributed by atoms with E-state index < -0.39 is 11.8 Å². The number of nitrogens with one attached hydrogen (secondary N) is 2. The molecule has 6 heteroatoms. The molecule has 0 aliphatic rings. The lowest BCUT2D eigenvalue weighted by Gasteiger charge is -2.07. The van der Waals surface area contributed by atoms with E-state index in [-0.39, 0.29) is 22.8 Å². The Morgan fingerprint density at radius 2 is 1.56 bits per heavy atom. The van der Waals surface area contributed by atoms with Crippen LogP contribution in [0.25, 0.3) is 0 Å². The van der Waals surface area contributed by atoms with Crippen LogP contribution >= 0.6 is 0 Å². The average molecular weight is 338 g/mol. The van der Waals surface area contributed by atoms with Gasteiger partial charge in [0.1, 0.15) is 5.75 Å². The number of benzene rings is 2. The summed E-state index contributed by atoms with van der Waals surface area (Å²) in [7, 11) is 0. The van der Waals surface area contributed by atoms with Crippen molar-refractivity contribution in [2.24, 2.45) is 0 Å². The van der Waals surface area contributed by atoms with E-state index in [0.29, 0.717) is 11.3 Å². The summed E-state index contributed by atoms with van der Waals surface area (Å²) < 4.78 is 0. The predicted molar refractivity (Wildman–Crippen MR) is 95.6 cm³/mol. The zero-order chi connectivity index (χ0) is 18.4. The molecule has 0 aromatic heterocycles. The van der Waals surface area contributed by atoms with Gasteiger partial charge in [-0.1, -0.05) is 12.1 Å². The van der Waals surface area contributed by atoms with Gasteiger partial charge < -0.3 is 15.7 Å². The molecule has 128 valence electrons. The number of para-hydroxylation sites is 2. The quantitative estimate of drug-likeness (QED) is 0.443. The number of carbonyl (C=O) groups is 3. The van der Waals surface area contributed by atoms with Crippen molar-refractivity contribution in [1.82, 2.24) is 0 Å². The SMILES string of the molecule is CC(=O)c1ccc(NC(=O)/C=C(/C)C(=O)Nc2ccccc2O)cc1. The second kappa shape index (κ2) is 7.92. The van der Waals surface area contributed by atoms with Gasteiger partial charge in [-0.3, -0.25) is 14.4 Å². The van der Waals surface area contributed by atoms with Crippen molar-refractivity contribution >= 4 is 29.0 Å². The number of anilines is 2. The molecule has 0 aliphatic carbocycles. The van der Waals surface area contributed by atoms with E-state index in [2.05, 4.69) is 10.6 Å². The van der Waals surface area contributed by atoms with Crippen molar-refractivity contribution < 1.29 is 19.5 Å². The van der Waals surface area contributed by atoms with E-state index in [1.165, 1.54) is 19.9 Å². The Bertz CT molecular complexity index is 839.